The molecule has 2 N–H and O–H groups in total. The average Bonchev–Trinajstić information content (AvgIpc) is 3.10. The van der Waals surface area contributed by atoms with Gasteiger partial charge in [0.15, 0.2) is 5.56 Å². The van der Waals surface area contributed by atoms with E-state index in [0.29, 0.717) is 16.5 Å². The van der Waals surface area contributed by atoms with Crippen molar-refractivity contribution < 1.29 is 14.3 Å². The van der Waals surface area contributed by atoms with Gasteiger partial charge in [0, 0.05) is 11.4 Å². The first-order valence-electron chi connectivity index (χ1n) is 8.14. The van der Waals surface area contributed by atoms with Gasteiger partial charge in [0.25, 0.3) is 5.91 Å². The lowest BCUT2D eigenvalue weighted by Crippen LogP contribution is -2.21. The quantitative estimate of drug-likeness (QED) is 0.492. The van der Waals surface area contributed by atoms with Crippen molar-refractivity contribution in [2.24, 2.45) is 0 Å². The van der Waals surface area contributed by atoms with E-state index >= 15 is 0 Å². The summed E-state index contributed by atoms with van der Waals surface area (Å²) in [7, 11) is 0. The van der Waals surface area contributed by atoms with Gasteiger partial charge in [-0.3, -0.25) is 10.1 Å². The van der Waals surface area contributed by atoms with Gasteiger partial charge < -0.3 is 9.52 Å². The molecular formula is C19H12ClN3O4S. The number of hydrogen-bond donors (Lipinski definition) is 2. The molecule has 0 unspecified atom stereocenters. The van der Waals surface area contributed by atoms with Crippen molar-refractivity contribution in [3.05, 3.63) is 80.1 Å². The van der Waals surface area contributed by atoms with Gasteiger partial charge >= 0.3 is 5.63 Å². The van der Waals surface area contributed by atoms with Crippen molar-refractivity contribution in [3.8, 4) is 5.75 Å². The van der Waals surface area contributed by atoms with Crippen molar-refractivity contribution in [3.63, 3.8) is 0 Å². The fourth-order valence-electron chi connectivity index (χ4n) is 2.65. The van der Waals surface area contributed by atoms with Crippen LogP contribution >= 0.6 is 22.9 Å². The second-order valence-corrected chi connectivity index (χ2v) is 7.37. The minimum atomic E-state index is -0.931. The predicted octanol–water partition coefficient (Wildman–Crippen LogP) is 3.85. The molecule has 0 radical (unpaired) electrons. The third-order valence-corrected chi connectivity index (χ3v) is 5.06. The fraction of sp³-hybridized carbons (Fsp3) is 0.0526. The molecule has 0 bridgehead atoms. The smallest absolute Gasteiger partial charge is 0.353 e. The molecule has 9 heteroatoms. The summed E-state index contributed by atoms with van der Waals surface area (Å²) in [6, 6.07) is 13.7. The van der Waals surface area contributed by atoms with E-state index in [1.54, 1.807) is 30.3 Å². The zero-order chi connectivity index (χ0) is 19.7. The van der Waals surface area contributed by atoms with Crippen LogP contribution < -0.4 is 10.9 Å². The molecule has 140 valence electrons. The molecule has 28 heavy (non-hydrogen) atoms. The highest BCUT2D eigenvalue weighted by atomic mass is 35.5. The molecule has 7 nitrogen and oxygen atoms in total. The lowest BCUT2D eigenvalue weighted by molar-refractivity contribution is 0.102. The molecule has 0 aliphatic heterocycles. The third kappa shape index (κ3) is 3.60. The van der Waals surface area contributed by atoms with Crippen LogP contribution in [0.15, 0.2) is 57.7 Å². The van der Waals surface area contributed by atoms with Gasteiger partial charge in [-0.25, -0.2) is 4.79 Å². The Morgan fingerprint density at radius 3 is 2.68 bits per heavy atom. The first-order chi connectivity index (χ1) is 13.5. The molecule has 2 heterocycles. The van der Waals surface area contributed by atoms with Crippen LogP contribution in [0.3, 0.4) is 0 Å². The molecule has 0 saturated heterocycles. The van der Waals surface area contributed by atoms with E-state index < -0.39 is 22.8 Å². The Labute approximate surface area is 167 Å². The number of hydrogen-bond acceptors (Lipinski definition) is 7. The largest absolute Gasteiger partial charge is 0.506 e. The SMILES string of the molecule is O=C(Nc1nnc(Cc2ccc(Cl)cc2)s1)c1c(O)c2ccccc2oc1=O. The van der Waals surface area contributed by atoms with E-state index in [4.69, 9.17) is 16.0 Å². The number of benzene rings is 2. The summed E-state index contributed by atoms with van der Waals surface area (Å²) in [5.41, 5.74) is -0.221. The summed E-state index contributed by atoms with van der Waals surface area (Å²) in [4.78, 5) is 24.6. The van der Waals surface area contributed by atoms with Gasteiger partial charge in [0.05, 0.1) is 5.39 Å². The summed E-state index contributed by atoms with van der Waals surface area (Å²) in [6.45, 7) is 0. The van der Waals surface area contributed by atoms with Crippen LogP contribution in [-0.4, -0.2) is 21.2 Å². The van der Waals surface area contributed by atoms with Gasteiger partial charge in [0.1, 0.15) is 16.3 Å². The maximum absolute atomic E-state index is 12.5. The number of carbonyl (C=O) groups is 1. The molecule has 1 amide bonds. The topological polar surface area (TPSA) is 105 Å². The first-order valence-corrected chi connectivity index (χ1v) is 9.33. The highest BCUT2D eigenvalue weighted by Crippen LogP contribution is 2.27. The van der Waals surface area contributed by atoms with Crippen molar-refractivity contribution >= 4 is 44.9 Å². The van der Waals surface area contributed by atoms with E-state index in [1.165, 1.54) is 17.4 Å². The van der Waals surface area contributed by atoms with E-state index in [-0.39, 0.29) is 16.1 Å². The lowest BCUT2D eigenvalue weighted by Gasteiger charge is -2.05. The Morgan fingerprint density at radius 2 is 1.89 bits per heavy atom. The van der Waals surface area contributed by atoms with Crippen LogP contribution in [0.2, 0.25) is 5.02 Å². The maximum Gasteiger partial charge on any atom is 0.353 e. The van der Waals surface area contributed by atoms with E-state index in [2.05, 4.69) is 15.5 Å². The summed E-state index contributed by atoms with van der Waals surface area (Å²) in [6.07, 6.45) is 0.522. The van der Waals surface area contributed by atoms with Crippen LogP contribution in [-0.2, 0) is 6.42 Å². The van der Waals surface area contributed by atoms with Gasteiger partial charge in [-0.2, -0.15) is 0 Å². The maximum atomic E-state index is 12.5. The minimum Gasteiger partial charge on any atom is -0.506 e. The predicted molar refractivity (Wildman–Crippen MR) is 106 cm³/mol. The van der Waals surface area contributed by atoms with E-state index in [9.17, 15) is 14.7 Å². The fourth-order valence-corrected chi connectivity index (χ4v) is 3.54. The Balaban J connectivity index is 1.56. The number of nitrogens with zero attached hydrogens (tertiary/aromatic N) is 2. The van der Waals surface area contributed by atoms with Gasteiger partial charge in [-0.15, -0.1) is 10.2 Å². The van der Waals surface area contributed by atoms with Crippen molar-refractivity contribution in [2.45, 2.75) is 6.42 Å². The molecule has 0 spiro atoms. The Bertz CT molecular complexity index is 1230. The van der Waals surface area contributed by atoms with Crippen LogP contribution in [0.4, 0.5) is 5.13 Å². The van der Waals surface area contributed by atoms with Crippen LogP contribution in [0.5, 0.6) is 5.75 Å². The van der Waals surface area contributed by atoms with E-state index in [0.717, 1.165) is 5.56 Å². The van der Waals surface area contributed by atoms with Gasteiger partial charge in [-0.05, 0) is 29.8 Å². The number of carbonyl (C=O) groups excluding carboxylic acids is 1. The number of amides is 1. The number of halogens is 1. The number of anilines is 1. The second kappa shape index (κ2) is 7.41. The number of aromatic hydroxyl groups is 1. The normalized spacial score (nSPS) is 10.9. The summed E-state index contributed by atoms with van der Waals surface area (Å²) < 4.78 is 5.11. The standard InChI is InChI=1S/C19H12ClN3O4S/c20-11-7-5-10(6-8-11)9-14-22-23-19(28-14)21-17(25)15-16(24)12-3-1-2-4-13(12)27-18(15)26/h1-8,24H,9H2,(H,21,23,25). The van der Waals surface area contributed by atoms with Crippen molar-refractivity contribution in [1.82, 2.24) is 10.2 Å². The number of aromatic nitrogens is 2. The highest BCUT2D eigenvalue weighted by Gasteiger charge is 2.22. The zero-order valence-electron chi connectivity index (χ0n) is 14.2. The number of nitrogens with one attached hydrogen (secondary N) is 1. The average molecular weight is 414 g/mol. The molecule has 4 aromatic rings. The van der Waals surface area contributed by atoms with Crippen LogP contribution in [0, 0.1) is 0 Å². The summed E-state index contributed by atoms with van der Waals surface area (Å²) >= 11 is 7.04. The molecular weight excluding hydrogens is 402 g/mol. The third-order valence-electron chi connectivity index (χ3n) is 3.97. The Morgan fingerprint density at radius 1 is 1.14 bits per heavy atom. The monoisotopic (exact) mass is 413 g/mol. The zero-order valence-corrected chi connectivity index (χ0v) is 15.8. The number of fused-ring (bicyclic) bond motifs is 1. The first kappa shape index (κ1) is 18.1. The number of rotatable bonds is 4. The van der Waals surface area contributed by atoms with Gasteiger partial charge in [0.2, 0.25) is 5.13 Å². The molecule has 0 atom stereocenters. The molecule has 2 aromatic carbocycles. The molecule has 2 aromatic heterocycles. The van der Waals surface area contributed by atoms with Gasteiger partial charge in [-0.1, -0.05) is 47.2 Å². The Kier molecular flexibility index (Phi) is 4.81. The van der Waals surface area contributed by atoms with Crippen molar-refractivity contribution in [2.75, 3.05) is 5.32 Å². The molecule has 0 aliphatic rings. The highest BCUT2D eigenvalue weighted by molar-refractivity contribution is 7.15. The summed E-state index contributed by atoms with van der Waals surface area (Å²) in [5.74, 6) is -1.25. The molecule has 4 rings (SSSR count). The molecule has 0 fully saturated rings. The lowest BCUT2D eigenvalue weighted by atomic mass is 10.1. The number of para-hydroxylation sites is 1. The van der Waals surface area contributed by atoms with Crippen LogP contribution in [0.25, 0.3) is 11.0 Å². The van der Waals surface area contributed by atoms with E-state index in [1.807, 2.05) is 12.1 Å². The van der Waals surface area contributed by atoms with Crippen LogP contribution in [0.1, 0.15) is 20.9 Å². The molecule has 0 aliphatic carbocycles. The summed E-state index contributed by atoms with van der Waals surface area (Å²) in [5, 5.41) is 22.6. The van der Waals surface area contributed by atoms with Crippen molar-refractivity contribution in [1.29, 1.82) is 0 Å². The second-order valence-electron chi connectivity index (χ2n) is 5.87. The Hall–Kier alpha value is -3.23. The molecule has 0 saturated carbocycles. The minimum absolute atomic E-state index is 0.197.